The van der Waals surface area contributed by atoms with E-state index in [1.54, 1.807) is 26.4 Å². The molecule has 0 spiro atoms. The van der Waals surface area contributed by atoms with Gasteiger partial charge >= 0.3 is 5.97 Å². The number of hydrogen-bond donors (Lipinski definition) is 1. The van der Waals surface area contributed by atoms with Gasteiger partial charge in [0, 0.05) is 21.1 Å². The standard InChI is InChI=1S/C20H20BrCl2NO4/c1-27-17-9-13(14(21)10-18(17)28-2)19(12-6-5-11(22)8-15(12)23)24-7-3-4-16(24)20(25)26/h5-6,8-10,16,19H,3-4,7H2,1-2H3,(H,25,26). The topological polar surface area (TPSA) is 59.0 Å². The number of likely N-dealkylation sites (tertiary alicyclic amines) is 1. The van der Waals surface area contributed by atoms with E-state index in [0.717, 1.165) is 22.0 Å². The number of carboxylic acid groups (broad SMARTS) is 1. The first-order chi connectivity index (χ1) is 13.4. The van der Waals surface area contributed by atoms with Gasteiger partial charge in [-0.2, -0.15) is 0 Å². The first-order valence-electron chi connectivity index (χ1n) is 8.72. The van der Waals surface area contributed by atoms with E-state index in [-0.39, 0.29) is 6.04 Å². The van der Waals surface area contributed by atoms with E-state index in [1.807, 2.05) is 23.1 Å². The summed E-state index contributed by atoms with van der Waals surface area (Å²) < 4.78 is 11.6. The van der Waals surface area contributed by atoms with Crippen LogP contribution in [-0.2, 0) is 4.79 Å². The molecule has 1 saturated heterocycles. The maximum Gasteiger partial charge on any atom is 0.320 e. The molecule has 5 nitrogen and oxygen atoms in total. The molecule has 2 aromatic carbocycles. The molecule has 0 amide bonds. The zero-order valence-corrected chi connectivity index (χ0v) is 18.5. The van der Waals surface area contributed by atoms with Crippen LogP contribution in [0.15, 0.2) is 34.8 Å². The van der Waals surface area contributed by atoms with Crippen molar-refractivity contribution in [3.63, 3.8) is 0 Å². The number of ether oxygens (including phenoxy) is 2. The third kappa shape index (κ3) is 4.10. The number of rotatable bonds is 6. The summed E-state index contributed by atoms with van der Waals surface area (Å²) in [5, 5.41) is 10.7. The summed E-state index contributed by atoms with van der Waals surface area (Å²) in [5.74, 6) is 0.293. The lowest BCUT2D eigenvalue weighted by Gasteiger charge is -2.33. The molecule has 0 aromatic heterocycles. The zero-order chi connectivity index (χ0) is 20.4. The Morgan fingerprint density at radius 3 is 2.46 bits per heavy atom. The second-order valence-electron chi connectivity index (χ2n) is 6.53. The number of aliphatic carboxylic acids is 1. The average molecular weight is 489 g/mol. The van der Waals surface area contributed by atoms with Crippen LogP contribution in [-0.4, -0.2) is 42.8 Å². The molecule has 150 valence electrons. The molecule has 1 heterocycles. The van der Waals surface area contributed by atoms with Gasteiger partial charge in [-0.25, -0.2) is 0 Å². The Morgan fingerprint density at radius 1 is 1.18 bits per heavy atom. The molecule has 2 aromatic rings. The molecule has 0 saturated carbocycles. The van der Waals surface area contributed by atoms with Crippen LogP contribution in [0, 0.1) is 0 Å². The number of carboxylic acids is 1. The maximum absolute atomic E-state index is 11.9. The summed E-state index contributed by atoms with van der Waals surface area (Å²) in [7, 11) is 3.13. The van der Waals surface area contributed by atoms with Crippen LogP contribution in [0.25, 0.3) is 0 Å². The largest absolute Gasteiger partial charge is 0.493 e. The van der Waals surface area contributed by atoms with E-state index in [1.165, 1.54) is 0 Å². The number of halogens is 3. The molecule has 3 rings (SSSR count). The molecule has 0 bridgehead atoms. The molecule has 0 radical (unpaired) electrons. The van der Waals surface area contributed by atoms with Crippen LogP contribution < -0.4 is 9.47 Å². The van der Waals surface area contributed by atoms with Crippen molar-refractivity contribution in [2.24, 2.45) is 0 Å². The fourth-order valence-corrected chi connectivity index (χ4v) is 4.74. The van der Waals surface area contributed by atoms with Gasteiger partial charge in [0.25, 0.3) is 0 Å². The molecule has 0 aliphatic carbocycles. The monoisotopic (exact) mass is 487 g/mol. The highest BCUT2D eigenvalue weighted by molar-refractivity contribution is 9.10. The minimum atomic E-state index is -0.843. The van der Waals surface area contributed by atoms with Gasteiger partial charge < -0.3 is 14.6 Å². The Morgan fingerprint density at radius 2 is 1.86 bits per heavy atom. The van der Waals surface area contributed by atoms with Crippen molar-refractivity contribution >= 4 is 45.1 Å². The average Bonchev–Trinajstić information content (AvgIpc) is 3.14. The van der Waals surface area contributed by atoms with Gasteiger partial charge in [0.05, 0.1) is 20.3 Å². The fourth-order valence-electron chi connectivity index (χ4n) is 3.69. The van der Waals surface area contributed by atoms with Crippen LogP contribution in [0.4, 0.5) is 0 Å². The number of nitrogens with zero attached hydrogens (tertiary/aromatic N) is 1. The first-order valence-corrected chi connectivity index (χ1v) is 10.3. The van der Waals surface area contributed by atoms with Gasteiger partial charge in [0.15, 0.2) is 11.5 Å². The lowest BCUT2D eigenvalue weighted by atomic mass is 9.95. The molecule has 28 heavy (non-hydrogen) atoms. The van der Waals surface area contributed by atoms with Crippen molar-refractivity contribution in [1.29, 1.82) is 0 Å². The Kier molecular flexibility index (Phi) is 6.76. The summed E-state index contributed by atoms with van der Waals surface area (Å²) in [6.07, 6.45) is 1.38. The van der Waals surface area contributed by atoms with Gasteiger partial charge in [-0.1, -0.05) is 45.2 Å². The van der Waals surface area contributed by atoms with E-state index in [2.05, 4.69) is 15.9 Å². The third-order valence-electron chi connectivity index (χ3n) is 4.97. The third-order valence-corrected chi connectivity index (χ3v) is 6.21. The highest BCUT2D eigenvalue weighted by atomic mass is 79.9. The minimum Gasteiger partial charge on any atom is -0.493 e. The zero-order valence-electron chi connectivity index (χ0n) is 15.4. The number of hydrogen-bond acceptors (Lipinski definition) is 4. The first kappa shape index (κ1) is 21.2. The molecule has 1 aliphatic rings. The van der Waals surface area contributed by atoms with E-state index in [0.29, 0.717) is 34.5 Å². The van der Waals surface area contributed by atoms with Crippen LogP contribution in [0.2, 0.25) is 10.0 Å². The second-order valence-corrected chi connectivity index (χ2v) is 8.23. The van der Waals surface area contributed by atoms with Crippen LogP contribution in [0.5, 0.6) is 11.5 Å². The minimum absolute atomic E-state index is 0.387. The highest BCUT2D eigenvalue weighted by Crippen LogP contribution is 2.44. The molecule has 2 atom stereocenters. The SMILES string of the molecule is COc1cc(Br)c(C(c2ccc(Cl)cc2Cl)N2CCCC2C(=O)O)cc1OC. The molecular formula is C20H20BrCl2NO4. The van der Waals surface area contributed by atoms with Gasteiger partial charge in [-0.05, 0) is 48.2 Å². The lowest BCUT2D eigenvalue weighted by Crippen LogP contribution is -2.39. The predicted molar refractivity (Wildman–Crippen MR) is 113 cm³/mol. The summed E-state index contributed by atoms with van der Waals surface area (Å²) in [6, 6.07) is 7.96. The highest BCUT2D eigenvalue weighted by Gasteiger charge is 2.38. The van der Waals surface area contributed by atoms with Crippen molar-refractivity contribution in [2.45, 2.75) is 24.9 Å². The summed E-state index contributed by atoms with van der Waals surface area (Å²) in [5.41, 5.74) is 1.63. The maximum atomic E-state index is 11.9. The summed E-state index contributed by atoms with van der Waals surface area (Å²) in [4.78, 5) is 13.8. The molecule has 1 N–H and O–H groups in total. The van der Waals surface area contributed by atoms with Crippen molar-refractivity contribution in [3.8, 4) is 11.5 Å². The fraction of sp³-hybridized carbons (Fsp3) is 0.350. The molecule has 1 fully saturated rings. The number of carbonyl (C=O) groups is 1. The Labute approximate surface area is 182 Å². The van der Waals surface area contributed by atoms with Gasteiger partial charge in [-0.15, -0.1) is 0 Å². The van der Waals surface area contributed by atoms with Crippen LogP contribution in [0.3, 0.4) is 0 Å². The molecule has 1 aliphatic heterocycles. The Hall–Kier alpha value is -1.47. The van der Waals surface area contributed by atoms with Crippen LogP contribution in [0.1, 0.15) is 30.0 Å². The number of benzene rings is 2. The normalized spacial score (nSPS) is 18.1. The Balaban J connectivity index is 2.21. The van der Waals surface area contributed by atoms with Crippen molar-refractivity contribution < 1.29 is 19.4 Å². The summed E-state index contributed by atoms with van der Waals surface area (Å²) >= 11 is 16.2. The van der Waals surface area contributed by atoms with E-state index in [9.17, 15) is 9.90 Å². The smallest absolute Gasteiger partial charge is 0.320 e. The number of methoxy groups -OCH3 is 2. The second kappa shape index (κ2) is 8.91. The van der Waals surface area contributed by atoms with Gasteiger partial charge in [0.1, 0.15) is 6.04 Å². The Bertz CT molecular complexity index is 893. The molecule has 8 heteroatoms. The summed E-state index contributed by atoms with van der Waals surface area (Å²) in [6.45, 7) is 0.640. The quantitative estimate of drug-likeness (QED) is 0.588. The van der Waals surface area contributed by atoms with Gasteiger partial charge in [-0.3, -0.25) is 9.69 Å². The van der Waals surface area contributed by atoms with E-state index >= 15 is 0 Å². The van der Waals surface area contributed by atoms with Crippen molar-refractivity contribution in [1.82, 2.24) is 4.90 Å². The van der Waals surface area contributed by atoms with E-state index < -0.39 is 12.0 Å². The predicted octanol–water partition coefficient (Wildman–Crippen LogP) is 5.41. The van der Waals surface area contributed by atoms with Crippen LogP contribution >= 0.6 is 39.1 Å². The van der Waals surface area contributed by atoms with E-state index in [4.69, 9.17) is 32.7 Å². The molecule has 2 unspecified atom stereocenters. The van der Waals surface area contributed by atoms with Crippen molar-refractivity contribution in [3.05, 3.63) is 56.0 Å². The van der Waals surface area contributed by atoms with Crippen molar-refractivity contribution in [2.75, 3.05) is 20.8 Å². The molecular weight excluding hydrogens is 469 g/mol. The van der Waals surface area contributed by atoms with Gasteiger partial charge in [0.2, 0.25) is 0 Å². The lowest BCUT2D eigenvalue weighted by molar-refractivity contribution is -0.142.